The number of likely N-dealkylation sites (tertiary alicyclic amines) is 1. The largest absolute Gasteiger partial charge is 0.480 e. The molecule has 34 heavy (non-hydrogen) atoms. The second-order valence-corrected chi connectivity index (χ2v) is 9.87. The molecule has 7 heteroatoms. The molecule has 2 atom stereocenters. The molecular weight excluding hydrogens is 432 g/mol. The van der Waals surface area contributed by atoms with Gasteiger partial charge in [0.15, 0.2) is 0 Å². The lowest BCUT2D eigenvalue weighted by Gasteiger charge is -2.34. The van der Waals surface area contributed by atoms with E-state index in [0.717, 1.165) is 35.1 Å². The molecule has 2 fully saturated rings. The highest BCUT2D eigenvalue weighted by atomic mass is 16.5. The van der Waals surface area contributed by atoms with Gasteiger partial charge in [-0.2, -0.15) is 0 Å². The molecule has 0 aromatic heterocycles. The topological polar surface area (TPSA) is 95.9 Å². The average molecular weight is 463 g/mol. The minimum Gasteiger partial charge on any atom is -0.480 e. The number of rotatable bonds is 7. The van der Waals surface area contributed by atoms with Gasteiger partial charge in [0.25, 0.3) is 0 Å². The normalized spacial score (nSPS) is 22.1. The number of nitrogens with zero attached hydrogens (tertiary/aromatic N) is 1. The number of hydrogen-bond donors (Lipinski definition) is 2. The first-order valence-corrected chi connectivity index (χ1v) is 12.0. The maximum Gasteiger partial charge on any atom is 0.407 e. The number of carboxylic acid groups (broad SMARTS) is 1. The van der Waals surface area contributed by atoms with Gasteiger partial charge in [0.1, 0.15) is 18.2 Å². The summed E-state index contributed by atoms with van der Waals surface area (Å²) in [6.07, 6.45) is 2.95. The molecule has 7 nitrogen and oxygen atoms in total. The Bertz CT molecular complexity index is 1080. The quantitative estimate of drug-likeness (QED) is 0.644. The van der Waals surface area contributed by atoms with E-state index in [1.54, 1.807) is 6.92 Å². The van der Waals surface area contributed by atoms with E-state index in [9.17, 15) is 19.5 Å². The Labute approximate surface area is 199 Å². The summed E-state index contributed by atoms with van der Waals surface area (Å²) in [6, 6.07) is 15.5. The zero-order chi connectivity index (χ0) is 23.9. The summed E-state index contributed by atoms with van der Waals surface area (Å²) in [4.78, 5) is 39.5. The van der Waals surface area contributed by atoms with Crippen LogP contribution in [0.25, 0.3) is 11.1 Å². The highest BCUT2D eigenvalue weighted by molar-refractivity contribution is 5.91. The molecular formula is C27H30N2O5. The van der Waals surface area contributed by atoms with Crippen molar-refractivity contribution in [1.82, 2.24) is 10.2 Å². The third kappa shape index (κ3) is 4.04. The van der Waals surface area contributed by atoms with Crippen LogP contribution in [-0.4, -0.2) is 52.7 Å². The van der Waals surface area contributed by atoms with E-state index < -0.39 is 23.6 Å². The summed E-state index contributed by atoms with van der Waals surface area (Å²) < 4.78 is 5.65. The van der Waals surface area contributed by atoms with Gasteiger partial charge < -0.3 is 20.1 Å². The van der Waals surface area contributed by atoms with Crippen LogP contribution in [0.1, 0.15) is 56.1 Å². The Morgan fingerprint density at radius 3 is 2.29 bits per heavy atom. The van der Waals surface area contributed by atoms with Gasteiger partial charge in [-0.25, -0.2) is 9.59 Å². The maximum atomic E-state index is 13.3. The summed E-state index contributed by atoms with van der Waals surface area (Å²) >= 11 is 0. The van der Waals surface area contributed by atoms with Crippen molar-refractivity contribution >= 4 is 18.0 Å². The SMILES string of the molecule is CC1(C(=O)O)CCCN1C(=O)[C@H](CC1CC1)NC(=O)OCC1c2ccccc2-c2ccccc21. The lowest BCUT2D eigenvalue weighted by atomic mass is 9.98. The molecule has 1 saturated carbocycles. The number of hydrogen-bond acceptors (Lipinski definition) is 4. The molecule has 0 spiro atoms. The predicted molar refractivity (Wildman–Crippen MR) is 126 cm³/mol. The van der Waals surface area contributed by atoms with E-state index in [-0.39, 0.29) is 18.4 Å². The standard InChI is InChI=1S/C27H30N2O5/c1-27(25(31)32)13-6-14-29(27)24(30)23(15-17-11-12-17)28-26(33)34-16-22-20-9-4-2-7-18(20)19-8-3-5-10-21(19)22/h2-5,7-10,17,22-23H,6,11-16H2,1H3,(H,28,33)(H,31,32)/t23-,27?/m0/s1. The Balaban J connectivity index is 1.28. The minimum atomic E-state index is -1.23. The second-order valence-electron chi connectivity index (χ2n) is 9.87. The van der Waals surface area contributed by atoms with Gasteiger partial charge in [-0.15, -0.1) is 0 Å². The Morgan fingerprint density at radius 1 is 1.09 bits per heavy atom. The van der Waals surface area contributed by atoms with Gasteiger partial charge in [0.2, 0.25) is 5.91 Å². The molecule has 178 valence electrons. The molecule has 0 bridgehead atoms. The van der Waals surface area contributed by atoms with E-state index in [1.165, 1.54) is 4.90 Å². The van der Waals surface area contributed by atoms with Crippen LogP contribution in [0.15, 0.2) is 48.5 Å². The number of ether oxygens (including phenoxy) is 1. The predicted octanol–water partition coefficient (Wildman–Crippen LogP) is 4.16. The van der Waals surface area contributed by atoms with Crippen LogP contribution in [0.3, 0.4) is 0 Å². The fourth-order valence-electron chi connectivity index (χ4n) is 5.42. The fourth-order valence-corrected chi connectivity index (χ4v) is 5.42. The average Bonchev–Trinajstić information content (AvgIpc) is 3.47. The molecule has 0 radical (unpaired) electrons. The minimum absolute atomic E-state index is 0.0652. The van der Waals surface area contributed by atoms with Crippen LogP contribution >= 0.6 is 0 Å². The summed E-state index contributed by atoms with van der Waals surface area (Å²) in [6.45, 7) is 2.14. The lowest BCUT2D eigenvalue weighted by molar-refractivity contribution is -0.156. The van der Waals surface area contributed by atoms with E-state index in [2.05, 4.69) is 29.6 Å². The molecule has 1 aliphatic heterocycles. The van der Waals surface area contributed by atoms with Crippen molar-refractivity contribution in [3.8, 4) is 11.1 Å². The van der Waals surface area contributed by atoms with Crippen molar-refractivity contribution in [3.63, 3.8) is 0 Å². The van der Waals surface area contributed by atoms with Crippen LogP contribution in [0.2, 0.25) is 0 Å². The van der Waals surface area contributed by atoms with E-state index >= 15 is 0 Å². The first-order chi connectivity index (χ1) is 16.4. The zero-order valence-electron chi connectivity index (χ0n) is 19.3. The van der Waals surface area contributed by atoms with E-state index in [1.807, 2.05) is 24.3 Å². The highest BCUT2D eigenvalue weighted by Gasteiger charge is 2.48. The van der Waals surface area contributed by atoms with Crippen molar-refractivity contribution < 1.29 is 24.2 Å². The third-order valence-electron chi connectivity index (χ3n) is 7.57. The second kappa shape index (κ2) is 8.78. The molecule has 1 heterocycles. The number of alkyl carbamates (subject to hydrolysis) is 1. The molecule has 2 N–H and O–H groups in total. The number of benzene rings is 2. The van der Waals surface area contributed by atoms with Crippen LogP contribution in [0.5, 0.6) is 0 Å². The number of nitrogens with one attached hydrogen (secondary N) is 1. The van der Waals surface area contributed by atoms with E-state index in [0.29, 0.717) is 31.7 Å². The summed E-state index contributed by atoms with van der Waals surface area (Å²) in [5.41, 5.74) is 3.31. The number of fused-ring (bicyclic) bond motifs is 3. The van der Waals surface area contributed by atoms with Crippen LogP contribution in [0.4, 0.5) is 4.79 Å². The highest BCUT2D eigenvalue weighted by Crippen LogP contribution is 2.44. The van der Waals surface area contributed by atoms with Crippen molar-refractivity contribution in [1.29, 1.82) is 0 Å². The number of carbonyl (C=O) groups is 3. The number of carbonyl (C=O) groups excluding carboxylic acids is 2. The van der Waals surface area contributed by atoms with Crippen LogP contribution in [0, 0.1) is 5.92 Å². The van der Waals surface area contributed by atoms with Crippen molar-refractivity contribution in [2.24, 2.45) is 5.92 Å². The monoisotopic (exact) mass is 462 g/mol. The smallest absolute Gasteiger partial charge is 0.407 e. The maximum absolute atomic E-state index is 13.3. The Morgan fingerprint density at radius 2 is 1.71 bits per heavy atom. The van der Waals surface area contributed by atoms with Gasteiger partial charge in [-0.1, -0.05) is 61.4 Å². The molecule has 1 unspecified atom stereocenters. The van der Waals surface area contributed by atoms with Gasteiger partial charge >= 0.3 is 12.1 Å². The number of amides is 2. The third-order valence-corrected chi connectivity index (χ3v) is 7.57. The molecule has 5 rings (SSSR count). The van der Waals surface area contributed by atoms with E-state index in [4.69, 9.17) is 4.74 Å². The van der Waals surface area contributed by atoms with Gasteiger partial charge in [-0.3, -0.25) is 4.79 Å². The molecule has 3 aliphatic rings. The Hall–Kier alpha value is -3.35. The number of carboxylic acids is 1. The van der Waals surface area contributed by atoms with Crippen molar-refractivity contribution in [2.45, 2.75) is 56.5 Å². The molecule has 2 aliphatic carbocycles. The molecule has 2 aromatic carbocycles. The molecule has 1 saturated heterocycles. The summed E-state index contributed by atoms with van der Waals surface area (Å²) in [7, 11) is 0. The van der Waals surface area contributed by atoms with Crippen molar-refractivity contribution in [2.75, 3.05) is 13.2 Å². The number of aliphatic carboxylic acids is 1. The first-order valence-electron chi connectivity index (χ1n) is 12.0. The Kier molecular flexibility index (Phi) is 5.80. The fraction of sp³-hybridized carbons (Fsp3) is 0.444. The first kappa shape index (κ1) is 22.4. The summed E-state index contributed by atoms with van der Waals surface area (Å²) in [5.74, 6) is -1.03. The van der Waals surface area contributed by atoms with Gasteiger partial charge in [-0.05, 0) is 54.4 Å². The van der Waals surface area contributed by atoms with Gasteiger partial charge in [0, 0.05) is 12.5 Å². The zero-order valence-corrected chi connectivity index (χ0v) is 19.3. The summed E-state index contributed by atoms with van der Waals surface area (Å²) in [5, 5.41) is 12.5. The molecule has 2 aromatic rings. The van der Waals surface area contributed by atoms with Crippen LogP contribution < -0.4 is 5.32 Å². The van der Waals surface area contributed by atoms with Gasteiger partial charge in [0.05, 0.1) is 0 Å². The lowest BCUT2D eigenvalue weighted by Crippen LogP contribution is -2.57. The van der Waals surface area contributed by atoms with Crippen molar-refractivity contribution in [3.05, 3.63) is 59.7 Å². The van der Waals surface area contributed by atoms with Crippen LogP contribution in [-0.2, 0) is 14.3 Å². The molecule has 2 amide bonds.